The molecule has 164 valence electrons. The molecule has 1 heterocycles. The summed E-state index contributed by atoms with van der Waals surface area (Å²) in [6.45, 7) is 0.216. The molecule has 0 atom stereocenters. The Morgan fingerprint density at radius 1 is 1.15 bits per heavy atom. The zero-order chi connectivity index (χ0) is 23.2. The fourth-order valence-corrected chi connectivity index (χ4v) is 3.57. The molecule has 8 heteroatoms. The van der Waals surface area contributed by atoms with Gasteiger partial charge in [-0.1, -0.05) is 36.4 Å². The Morgan fingerprint density at radius 3 is 2.73 bits per heavy atom. The van der Waals surface area contributed by atoms with Crippen molar-refractivity contribution in [1.82, 2.24) is 5.43 Å². The third-order valence-corrected chi connectivity index (χ3v) is 5.51. The number of furan rings is 1. The van der Waals surface area contributed by atoms with Gasteiger partial charge in [-0.25, -0.2) is 5.43 Å². The first-order chi connectivity index (χ1) is 16.1. The van der Waals surface area contributed by atoms with Crippen LogP contribution in [0, 0.1) is 11.3 Å². The number of methoxy groups -OCH3 is 1. The predicted molar refractivity (Wildman–Crippen MR) is 127 cm³/mol. The van der Waals surface area contributed by atoms with Crippen molar-refractivity contribution in [3.05, 3.63) is 93.7 Å². The van der Waals surface area contributed by atoms with Crippen molar-refractivity contribution in [3.63, 3.8) is 0 Å². The van der Waals surface area contributed by atoms with Crippen molar-refractivity contribution in [1.29, 1.82) is 5.26 Å². The zero-order valence-corrected chi connectivity index (χ0v) is 19.1. The van der Waals surface area contributed by atoms with Crippen molar-refractivity contribution < 1.29 is 18.7 Å². The topological polar surface area (TPSA) is 96.8 Å². The van der Waals surface area contributed by atoms with Gasteiger partial charge in [0.25, 0.3) is 0 Å². The average molecular weight is 504 g/mol. The Balaban J connectivity index is 1.46. The molecule has 1 amide bonds. The summed E-state index contributed by atoms with van der Waals surface area (Å²) in [5.74, 6) is 0.700. The number of carbonyl (C=O) groups is 1. The van der Waals surface area contributed by atoms with Crippen molar-refractivity contribution in [2.45, 2.75) is 6.61 Å². The molecule has 7 nitrogen and oxygen atoms in total. The second-order valence-corrected chi connectivity index (χ2v) is 7.78. The van der Waals surface area contributed by atoms with E-state index in [-0.39, 0.29) is 12.4 Å². The molecule has 1 N–H and O–H groups in total. The Bertz CT molecular complexity index is 1360. The van der Waals surface area contributed by atoms with E-state index in [1.54, 1.807) is 36.4 Å². The highest BCUT2D eigenvalue weighted by atomic mass is 79.9. The van der Waals surface area contributed by atoms with Gasteiger partial charge in [-0.15, -0.1) is 0 Å². The van der Waals surface area contributed by atoms with Crippen LogP contribution in [0.2, 0.25) is 0 Å². The van der Waals surface area contributed by atoms with Gasteiger partial charge in [0.15, 0.2) is 17.3 Å². The van der Waals surface area contributed by atoms with Gasteiger partial charge in [0.2, 0.25) is 0 Å². The number of amides is 1. The van der Waals surface area contributed by atoms with Crippen molar-refractivity contribution >= 4 is 39.0 Å². The second-order valence-electron chi connectivity index (χ2n) is 6.93. The lowest BCUT2D eigenvalue weighted by atomic mass is 10.1. The highest BCUT2D eigenvalue weighted by molar-refractivity contribution is 9.10. The van der Waals surface area contributed by atoms with Crippen LogP contribution in [-0.4, -0.2) is 19.2 Å². The highest BCUT2D eigenvalue weighted by Gasteiger charge is 2.13. The second kappa shape index (κ2) is 10.0. The van der Waals surface area contributed by atoms with E-state index in [1.807, 2.05) is 30.3 Å². The van der Waals surface area contributed by atoms with Gasteiger partial charge in [0, 0.05) is 21.0 Å². The van der Waals surface area contributed by atoms with E-state index in [0.717, 1.165) is 10.9 Å². The molecule has 0 saturated carbocycles. The lowest BCUT2D eigenvalue weighted by Gasteiger charge is -2.13. The standard InChI is InChI=1S/C25H18BrN3O4/c1-31-22-11-19(14-28-29-25(30)24-10-16-6-4-5-9-21(16)33-24)20(26)12-23(22)32-15-18-8-3-2-7-17(18)13-27/h2-12,14H,15H2,1H3,(H,29,30)/b28-14+. The highest BCUT2D eigenvalue weighted by Crippen LogP contribution is 2.33. The number of hydrogen-bond donors (Lipinski definition) is 1. The van der Waals surface area contributed by atoms with Gasteiger partial charge in [0.1, 0.15) is 12.2 Å². The van der Waals surface area contributed by atoms with Crippen LogP contribution in [-0.2, 0) is 6.61 Å². The summed E-state index contributed by atoms with van der Waals surface area (Å²) in [6, 6.07) is 21.9. The maximum Gasteiger partial charge on any atom is 0.307 e. The fraction of sp³-hybridized carbons (Fsp3) is 0.0800. The lowest BCUT2D eigenvalue weighted by molar-refractivity contribution is 0.0929. The van der Waals surface area contributed by atoms with Crippen LogP contribution >= 0.6 is 15.9 Å². The largest absolute Gasteiger partial charge is 0.493 e. The SMILES string of the molecule is COc1cc(/C=N/NC(=O)c2cc3ccccc3o2)c(Br)cc1OCc1ccccc1C#N. The number of nitrogens with zero attached hydrogens (tertiary/aromatic N) is 2. The summed E-state index contributed by atoms with van der Waals surface area (Å²) in [7, 11) is 1.53. The van der Waals surface area contributed by atoms with Gasteiger partial charge < -0.3 is 13.9 Å². The molecule has 0 aliphatic heterocycles. The minimum absolute atomic E-state index is 0.173. The smallest absolute Gasteiger partial charge is 0.307 e. The molecule has 33 heavy (non-hydrogen) atoms. The van der Waals surface area contributed by atoms with Gasteiger partial charge in [-0.05, 0) is 46.3 Å². The van der Waals surface area contributed by atoms with E-state index in [1.165, 1.54) is 13.3 Å². The fourth-order valence-electron chi connectivity index (χ4n) is 3.14. The molecule has 3 aromatic carbocycles. The van der Waals surface area contributed by atoms with Gasteiger partial charge >= 0.3 is 5.91 Å². The summed E-state index contributed by atoms with van der Waals surface area (Å²) in [5.41, 5.74) is 5.09. The van der Waals surface area contributed by atoms with Crippen molar-refractivity contribution in [2.75, 3.05) is 7.11 Å². The molecule has 0 aliphatic carbocycles. The summed E-state index contributed by atoms with van der Waals surface area (Å²) in [5, 5.41) is 14.1. The van der Waals surface area contributed by atoms with Gasteiger partial charge in [-0.3, -0.25) is 4.79 Å². The molecule has 0 bridgehead atoms. The Morgan fingerprint density at radius 2 is 1.94 bits per heavy atom. The number of hydrazone groups is 1. The van der Waals surface area contributed by atoms with Crippen LogP contribution < -0.4 is 14.9 Å². The minimum atomic E-state index is -0.457. The molecule has 0 radical (unpaired) electrons. The van der Waals surface area contributed by atoms with Gasteiger partial charge in [-0.2, -0.15) is 10.4 Å². The van der Waals surface area contributed by atoms with E-state index < -0.39 is 5.91 Å². The van der Waals surface area contributed by atoms with E-state index in [0.29, 0.717) is 32.7 Å². The van der Waals surface area contributed by atoms with E-state index in [2.05, 4.69) is 32.5 Å². The number of nitriles is 1. The summed E-state index contributed by atoms with van der Waals surface area (Å²) in [6.07, 6.45) is 1.49. The molecule has 0 fully saturated rings. The Labute approximate surface area is 198 Å². The first-order valence-electron chi connectivity index (χ1n) is 9.89. The molecule has 4 aromatic rings. The molecular formula is C25H18BrN3O4. The zero-order valence-electron chi connectivity index (χ0n) is 17.5. The Hall–Kier alpha value is -4.09. The molecule has 4 rings (SSSR count). The summed E-state index contributed by atoms with van der Waals surface area (Å²) >= 11 is 3.49. The number of fused-ring (bicyclic) bond motifs is 1. The third-order valence-electron chi connectivity index (χ3n) is 4.82. The first kappa shape index (κ1) is 22.1. The van der Waals surface area contributed by atoms with Crippen molar-refractivity contribution in [3.8, 4) is 17.6 Å². The minimum Gasteiger partial charge on any atom is -0.493 e. The van der Waals surface area contributed by atoms with Gasteiger partial charge in [0.05, 0.1) is 25.0 Å². The van der Waals surface area contributed by atoms with E-state index in [4.69, 9.17) is 13.9 Å². The van der Waals surface area contributed by atoms with Crippen LogP contribution in [0.1, 0.15) is 27.2 Å². The van der Waals surface area contributed by atoms with Crippen LogP contribution in [0.4, 0.5) is 0 Å². The molecule has 1 aromatic heterocycles. The van der Waals surface area contributed by atoms with Crippen LogP contribution in [0.3, 0.4) is 0 Å². The number of halogens is 1. The quantitative estimate of drug-likeness (QED) is 0.268. The number of nitrogens with one attached hydrogen (secondary N) is 1. The summed E-state index contributed by atoms with van der Waals surface area (Å²) in [4.78, 5) is 12.3. The predicted octanol–water partition coefficient (Wildman–Crippen LogP) is 5.42. The third kappa shape index (κ3) is 5.05. The molecule has 0 aliphatic rings. The van der Waals surface area contributed by atoms with Crippen LogP contribution in [0.25, 0.3) is 11.0 Å². The number of para-hydroxylation sites is 1. The van der Waals surface area contributed by atoms with Crippen molar-refractivity contribution in [2.24, 2.45) is 5.10 Å². The molecular weight excluding hydrogens is 486 g/mol. The normalized spacial score (nSPS) is 10.8. The maximum atomic E-state index is 12.3. The number of rotatable bonds is 7. The number of carbonyl (C=O) groups excluding carboxylic acids is 1. The Kier molecular flexibility index (Phi) is 6.72. The summed E-state index contributed by atoms with van der Waals surface area (Å²) < 4.78 is 17.6. The van der Waals surface area contributed by atoms with Crippen LogP contribution in [0.15, 0.2) is 80.7 Å². The number of ether oxygens (including phenoxy) is 2. The van der Waals surface area contributed by atoms with E-state index >= 15 is 0 Å². The first-order valence-corrected chi connectivity index (χ1v) is 10.7. The molecule has 0 spiro atoms. The molecule has 0 unspecified atom stereocenters. The number of hydrogen-bond acceptors (Lipinski definition) is 6. The number of benzene rings is 3. The average Bonchev–Trinajstić information content (AvgIpc) is 3.28. The monoisotopic (exact) mass is 503 g/mol. The molecule has 0 saturated heterocycles. The lowest BCUT2D eigenvalue weighted by Crippen LogP contribution is -2.16. The maximum absolute atomic E-state index is 12.3. The van der Waals surface area contributed by atoms with Crippen LogP contribution in [0.5, 0.6) is 11.5 Å². The van der Waals surface area contributed by atoms with E-state index in [9.17, 15) is 10.1 Å².